The van der Waals surface area contributed by atoms with Gasteiger partial charge in [-0.15, -0.1) is 0 Å². The smallest absolute Gasteiger partial charge is 0.274 e. The molecule has 0 atom stereocenters. The van der Waals surface area contributed by atoms with Gasteiger partial charge in [0.2, 0.25) is 0 Å². The quantitative estimate of drug-likeness (QED) is 0.493. The fraction of sp³-hybridized carbons (Fsp3) is 0.182. The predicted octanol–water partition coefficient (Wildman–Crippen LogP) is 3.96. The van der Waals surface area contributed by atoms with Crippen LogP contribution in [-0.2, 0) is 6.61 Å². The third kappa shape index (κ3) is 4.59. The summed E-state index contributed by atoms with van der Waals surface area (Å²) in [5, 5.41) is 3.30. The lowest BCUT2D eigenvalue weighted by Gasteiger charge is -2.10. The molecule has 4 aromatic rings. The highest BCUT2D eigenvalue weighted by molar-refractivity contribution is 6.31. The zero-order chi connectivity index (χ0) is 22.0. The van der Waals surface area contributed by atoms with Crippen molar-refractivity contribution in [2.24, 2.45) is 0 Å². The number of carbonyl (C=O) groups is 1. The second kappa shape index (κ2) is 8.61. The zero-order valence-electron chi connectivity index (χ0n) is 16.9. The highest BCUT2D eigenvalue weighted by atomic mass is 35.5. The number of carbonyl (C=O) groups excluding carboxylic acids is 1. The Morgan fingerprint density at radius 1 is 1.16 bits per heavy atom. The zero-order valence-corrected chi connectivity index (χ0v) is 17.7. The highest BCUT2D eigenvalue weighted by Gasteiger charge is 2.11. The Bertz CT molecular complexity index is 1290. The topological polar surface area (TPSA) is 90.5 Å². The molecule has 9 heteroatoms. The maximum atomic E-state index is 12.4. The van der Waals surface area contributed by atoms with Crippen LogP contribution in [0.1, 0.15) is 35.9 Å². The van der Waals surface area contributed by atoms with Gasteiger partial charge in [0.05, 0.1) is 5.69 Å². The maximum absolute atomic E-state index is 12.4. The maximum Gasteiger partial charge on any atom is 0.274 e. The highest BCUT2D eigenvalue weighted by Crippen LogP contribution is 2.18. The largest absolute Gasteiger partial charge is 0.487 e. The van der Waals surface area contributed by atoms with Crippen LogP contribution in [-0.4, -0.2) is 25.1 Å². The van der Waals surface area contributed by atoms with Crippen molar-refractivity contribution >= 4 is 29.0 Å². The van der Waals surface area contributed by atoms with Crippen molar-refractivity contribution in [1.82, 2.24) is 19.2 Å². The van der Waals surface area contributed by atoms with Crippen molar-refractivity contribution in [3.8, 4) is 5.75 Å². The van der Waals surface area contributed by atoms with Gasteiger partial charge in [-0.25, -0.2) is 4.98 Å². The summed E-state index contributed by atoms with van der Waals surface area (Å²) in [6.45, 7) is 4.05. The van der Waals surface area contributed by atoms with Gasteiger partial charge in [-0.05, 0) is 56.3 Å². The second-order valence-electron chi connectivity index (χ2n) is 7.19. The molecular formula is C22H20ClN5O3. The van der Waals surface area contributed by atoms with E-state index in [1.807, 2.05) is 13.8 Å². The van der Waals surface area contributed by atoms with Crippen molar-refractivity contribution in [1.29, 1.82) is 0 Å². The van der Waals surface area contributed by atoms with E-state index in [1.165, 1.54) is 10.6 Å². The number of aromatic nitrogens is 4. The number of nitrogens with zero attached hydrogens (tertiary/aromatic N) is 4. The molecule has 0 aliphatic carbocycles. The summed E-state index contributed by atoms with van der Waals surface area (Å²) >= 11 is 5.93. The second-order valence-corrected chi connectivity index (χ2v) is 7.63. The molecule has 1 amide bonds. The van der Waals surface area contributed by atoms with E-state index in [1.54, 1.807) is 59.5 Å². The van der Waals surface area contributed by atoms with Gasteiger partial charge < -0.3 is 10.1 Å². The summed E-state index contributed by atoms with van der Waals surface area (Å²) in [4.78, 5) is 33.3. The number of nitrogens with one attached hydrogen (secondary N) is 1. The number of fused-ring (bicyclic) bond motifs is 1. The van der Waals surface area contributed by atoms with Crippen molar-refractivity contribution in [2.45, 2.75) is 26.5 Å². The molecule has 0 spiro atoms. The molecule has 4 rings (SSSR count). The van der Waals surface area contributed by atoms with E-state index in [2.05, 4.69) is 15.3 Å². The fourth-order valence-electron chi connectivity index (χ4n) is 3.04. The number of ether oxygens (including phenoxy) is 1. The Kier molecular flexibility index (Phi) is 5.73. The van der Waals surface area contributed by atoms with Crippen LogP contribution in [0.5, 0.6) is 5.75 Å². The molecule has 0 fully saturated rings. The van der Waals surface area contributed by atoms with Crippen LogP contribution in [0.2, 0.25) is 5.02 Å². The van der Waals surface area contributed by atoms with Gasteiger partial charge in [-0.2, -0.15) is 9.50 Å². The van der Waals surface area contributed by atoms with Gasteiger partial charge in [-0.1, -0.05) is 17.7 Å². The van der Waals surface area contributed by atoms with Crippen LogP contribution in [0, 0.1) is 0 Å². The predicted molar refractivity (Wildman–Crippen MR) is 118 cm³/mol. The van der Waals surface area contributed by atoms with Crippen molar-refractivity contribution < 1.29 is 9.53 Å². The first-order valence-electron chi connectivity index (χ1n) is 9.66. The lowest BCUT2D eigenvalue weighted by Crippen LogP contribution is -2.23. The van der Waals surface area contributed by atoms with E-state index in [0.29, 0.717) is 33.5 Å². The number of anilines is 1. The van der Waals surface area contributed by atoms with Crippen molar-refractivity contribution in [3.05, 3.63) is 87.6 Å². The van der Waals surface area contributed by atoms with Crippen molar-refractivity contribution in [2.75, 3.05) is 5.32 Å². The molecule has 0 saturated heterocycles. The number of hydrogen-bond acceptors (Lipinski definition) is 5. The molecule has 0 aliphatic rings. The average Bonchev–Trinajstić information content (AvgIpc) is 3.18. The number of halogens is 1. The molecular weight excluding hydrogens is 418 g/mol. The summed E-state index contributed by atoms with van der Waals surface area (Å²) < 4.78 is 8.90. The first kappa shape index (κ1) is 20.6. The van der Waals surface area contributed by atoms with E-state index in [9.17, 15) is 9.59 Å². The standard InChI is InChI=1S/C22H20ClN5O3/c1-14(2)27-13-24-22-26-18(11-20(29)28(22)27)12-31-19-8-6-17(7-9-19)25-21(30)15-4-3-5-16(23)10-15/h3-11,13-14H,12H2,1-2H3,(H,25,30). The summed E-state index contributed by atoms with van der Waals surface area (Å²) in [6, 6.07) is 15.2. The molecule has 2 aromatic carbocycles. The third-order valence-electron chi connectivity index (χ3n) is 4.57. The number of benzene rings is 2. The van der Waals surface area contributed by atoms with Crippen LogP contribution >= 0.6 is 11.6 Å². The minimum atomic E-state index is -0.255. The molecule has 0 radical (unpaired) electrons. The molecule has 1 N–H and O–H groups in total. The van der Waals surface area contributed by atoms with E-state index >= 15 is 0 Å². The summed E-state index contributed by atoms with van der Waals surface area (Å²) in [6.07, 6.45) is 1.59. The Morgan fingerprint density at radius 3 is 2.65 bits per heavy atom. The minimum absolute atomic E-state index is 0.0875. The molecule has 31 heavy (non-hydrogen) atoms. The van der Waals surface area contributed by atoms with Crippen LogP contribution in [0.15, 0.2) is 65.7 Å². The first-order chi connectivity index (χ1) is 14.9. The SMILES string of the molecule is CC(C)n1cnc2nc(COc3ccc(NC(=O)c4cccc(Cl)c4)cc3)cc(=O)n21. The Hall–Kier alpha value is -3.65. The van der Waals surface area contributed by atoms with Crippen molar-refractivity contribution in [3.63, 3.8) is 0 Å². The molecule has 2 aromatic heterocycles. The Balaban J connectivity index is 1.41. The lowest BCUT2D eigenvalue weighted by molar-refractivity contribution is 0.102. The third-order valence-corrected chi connectivity index (χ3v) is 4.80. The van der Waals surface area contributed by atoms with Crippen LogP contribution in [0.3, 0.4) is 0 Å². The monoisotopic (exact) mass is 437 g/mol. The molecule has 0 aliphatic heterocycles. The van der Waals surface area contributed by atoms with E-state index in [-0.39, 0.29) is 24.1 Å². The summed E-state index contributed by atoms with van der Waals surface area (Å²) in [5.41, 5.74) is 1.36. The molecule has 0 saturated carbocycles. The number of rotatable bonds is 6. The number of hydrogen-bond donors (Lipinski definition) is 1. The van der Waals surface area contributed by atoms with Crippen LogP contribution < -0.4 is 15.6 Å². The van der Waals surface area contributed by atoms with Crippen LogP contribution in [0.25, 0.3) is 5.78 Å². The van der Waals surface area contributed by atoms with Gasteiger partial charge in [0.15, 0.2) is 0 Å². The van der Waals surface area contributed by atoms with Gasteiger partial charge in [0.25, 0.3) is 17.2 Å². The van der Waals surface area contributed by atoms with E-state index in [4.69, 9.17) is 16.3 Å². The van der Waals surface area contributed by atoms with Crippen LogP contribution in [0.4, 0.5) is 5.69 Å². The first-order valence-corrected chi connectivity index (χ1v) is 10.0. The normalized spacial score (nSPS) is 11.1. The number of amides is 1. The lowest BCUT2D eigenvalue weighted by atomic mass is 10.2. The van der Waals surface area contributed by atoms with E-state index in [0.717, 1.165) is 0 Å². The molecule has 0 bridgehead atoms. The molecule has 0 unspecified atom stereocenters. The minimum Gasteiger partial charge on any atom is -0.487 e. The van der Waals surface area contributed by atoms with Gasteiger partial charge in [0.1, 0.15) is 18.7 Å². The molecule has 8 nitrogen and oxygen atoms in total. The average molecular weight is 438 g/mol. The van der Waals surface area contributed by atoms with Gasteiger partial charge >= 0.3 is 0 Å². The fourth-order valence-corrected chi connectivity index (χ4v) is 3.23. The Morgan fingerprint density at radius 2 is 1.94 bits per heavy atom. The van der Waals surface area contributed by atoms with Gasteiger partial charge in [0, 0.05) is 28.4 Å². The summed E-state index contributed by atoms with van der Waals surface area (Å²) in [7, 11) is 0. The molecule has 2 heterocycles. The van der Waals surface area contributed by atoms with E-state index < -0.39 is 0 Å². The molecule has 158 valence electrons. The Labute approximate surface area is 183 Å². The van der Waals surface area contributed by atoms with Gasteiger partial charge in [-0.3, -0.25) is 14.3 Å². The summed E-state index contributed by atoms with van der Waals surface area (Å²) in [5.74, 6) is 0.657.